The zero-order valence-electron chi connectivity index (χ0n) is 5.25. The molecule has 10 heavy (non-hydrogen) atoms. The van der Waals surface area contributed by atoms with Crippen molar-refractivity contribution in [3.63, 3.8) is 0 Å². The summed E-state index contributed by atoms with van der Waals surface area (Å²) in [6, 6.07) is 0. The maximum Gasteiger partial charge on any atom is 0.112 e. The van der Waals surface area contributed by atoms with Gasteiger partial charge in [0.25, 0.3) is 0 Å². The fourth-order valence-corrected chi connectivity index (χ4v) is 0.859. The molecule has 4 atom stereocenters. The molecule has 0 unspecified atom stereocenters. The summed E-state index contributed by atoms with van der Waals surface area (Å²) in [5, 5.41) is 35.5. The van der Waals surface area contributed by atoms with E-state index in [2.05, 4.69) is 0 Å². The number of hydrogen-bond donors (Lipinski definition) is 4. The van der Waals surface area contributed by atoms with Gasteiger partial charge in [-0.1, -0.05) is 12.2 Å². The topological polar surface area (TPSA) is 80.9 Å². The van der Waals surface area contributed by atoms with Gasteiger partial charge in [-0.15, -0.1) is 0 Å². The van der Waals surface area contributed by atoms with Gasteiger partial charge in [0.15, 0.2) is 0 Å². The summed E-state index contributed by atoms with van der Waals surface area (Å²) < 4.78 is 0. The highest BCUT2D eigenvalue weighted by molar-refractivity contribution is 5.07. The Bertz CT molecular complexity index is 129. The van der Waals surface area contributed by atoms with Crippen molar-refractivity contribution in [2.45, 2.75) is 24.4 Å². The summed E-state index contributed by atoms with van der Waals surface area (Å²) in [6.07, 6.45) is -2.19. The molecule has 0 fully saturated rings. The minimum atomic E-state index is -1.28. The van der Waals surface area contributed by atoms with Gasteiger partial charge < -0.3 is 20.4 Å². The number of aliphatic hydroxyl groups is 4. The lowest BCUT2D eigenvalue weighted by Crippen LogP contribution is -2.46. The van der Waals surface area contributed by atoms with Crippen LogP contribution in [0.15, 0.2) is 12.2 Å². The summed E-state index contributed by atoms with van der Waals surface area (Å²) in [7, 11) is 0. The third-order valence-corrected chi connectivity index (χ3v) is 1.56. The summed E-state index contributed by atoms with van der Waals surface area (Å²) in [5.74, 6) is 0. The molecule has 0 spiro atoms. The van der Waals surface area contributed by atoms with Crippen molar-refractivity contribution in [3.05, 3.63) is 12.2 Å². The van der Waals surface area contributed by atoms with E-state index in [4.69, 9.17) is 20.4 Å². The van der Waals surface area contributed by atoms with E-state index in [9.17, 15) is 0 Å². The molecule has 0 heterocycles. The van der Waals surface area contributed by atoms with Crippen molar-refractivity contribution in [2.24, 2.45) is 0 Å². The van der Waals surface area contributed by atoms with Crippen LogP contribution >= 0.6 is 0 Å². The molecule has 4 nitrogen and oxygen atoms in total. The van der Waals surface area contributed by atoms with Crippen molar-refractivity contribution in [2.75, 3.05) is 0 Å². The second kappa shape index (κ2) is 2.67. The largest absolute Gasteiger partial charge is 0.387 e. The van der Waals surface area contributed by atoms with Gasteiger partial charge in [-0.3, -0.25) is 0 Å². The normalized spacial score (nSPS) is 47.6. The average molecular weight is 146 g/mol. The molecular weight excluding hydrogens is 136 g/mol. The van der Waals surface area contributed by atoms with Crippen LogP contribution in [0.1, 0.15) is 0 Å². The molecule has 0 aromatic rings. The van der Waals surface area contributed by atoms with Gasteiger partial charge in [0.05, 0.1) is 0 Å². The number of hydrogen-bond acceptors (Lipinski definition) is 4. The Morgan fingerprint density at radius 3 is 1.30 bits per heavy atom. The van der Waals surface area contributed by atoms with Gasteiger partial charge in [0.1, 0.15) is 24.4 Å². The Labute approximate surface area is 58.0 Å². The van der Waals surface area contributed by atoms with Crippen molar-refractivity contribution in [1.29, 1.82) is 0 Å². The standard InChI is InChI=1S/C6H10O4/c7-3-1-2-4(8)6(10)5(3)9/h1-10H/t3-,4-,5-,6+/m1/s1. The second-order valence-corrected chi connectivity index (χ2v) is 2.35. The summed E-state index contributed by atoms with van der Waals surface area (Å²) in [4.78, 5) is 0. The molecule has 1 aliphatic rings. The monoisotopic (exact) mass is 146 g/mol. The van der Waals surface area contributed by atoms with Gasteiger partial charge in [-0.05, 0) is 0 Å². The SMILES string of the molecule is O[C@@H]1[C@H](O)[C@H](O)C=C[C@H]1O. The van der Waals surface area contributed by atoms with Gasteiger partial charge in [-0.2, -0.15) is 0 Å². The average Bonchev–Trinajstić information content (AvgIpc) is 1.93. The Hall–Kier alpha value is -0.420. The fourth-order valence-electron chi connectivity index (χ4n) is 0.859. The molecule has 4 N–H and O–H groups in total. The first kappa shape index (κ1) is 7.68. The van der Waals surface area contributed by atoms with E-state index in [1.54, 1.807) is 0 Å². The first-order valence-electron chi connectivity index (χ1n) is 3.03. The third kappa shape index (κ3) is 1.19. The van der Waals surface area contributed by atoms with Crippen molar-refractivity contribution in [3.8, 4) is 0 Å². The fraction of sp³-hybridized carbons (Fsp3) is 0.667. The molecule has 0 saturated heterocycles. The molecular formula is C6H10O4. The molecule has 1 aliphatic carbocycles. The minimum Gasteiger partial charge on any atom is -0.387 e. The smallest absolute Gasteiger partial charge is 0.112 e. The summed E-state index contributed by atoms with van der Waals surface area (Å²) in [5.41, 5.74) is 0. The molecule has 0 saturated carbocycles. The lowest BCUT2D eigenvalue weighted by atomic mass is 9.97. The molecule has 0 aromatic heterocycles. The Kier molecular flexibility index (Phi) is 2.05. The first-order valence-corrected chi connectivity index (χ1v) is 3.03. The van der Waals surface area contributed by atoms with Crippen molar-refractivity contribution < 1.29 is 20.4 Å². The predicted molar refractivity (Wildman–Crippen MR) is 33.2 cm³/mol. The summed E-state index contributed by atoms with van der Waals surface area (Å²) >= 11 is 0. The molecule has 0 radical (unpaired) electrons. The summed E-state index contributed by atoms with van der Waals surface area (Å²) in [6.45, 7) is 0. The lowest BCUT2D eigenvalue weighted by Gasteiger charge is -2.27. The maximum absolute atomic E-state index is 8.91. The van der Waals surface area contributed by atoms with Crippen LogP contribution in [0, 0.1) is 0 Å². The highest BCUT2D eigenvalue weighted by Crippen LogP contribution is 2.12. The molecule has 0 bridgehead atoms. The van der Waals surface area contributed by atoms with Crippen LogP contribution in [0.5, 0.6) is 0 Å². The zero-order valence-corrected chi connectivity index (χ0v) is 5.25. The maximum atomic E-state index is 8.91. The Balaban J connectivity index is 2.69. The zero-order chi connectivity index (χ0) is 7.72. The van der Waals surface area contributed by atoms with Crippen LogP contribution in [0.3, 0.4) is 0 Å². The molecule has 4 heteroatoms. The number of rotatable bonds is 0. The van der Waals surface area contributed by atoms with E-state index in [1.165, 1.54) is 12.2 Å². The second-order valence-electron chi connectivity index (χ2n) is 2.35. The van der Waals surface area contributed by atoms with E-state index in [-0.39, 0.29) is 0 Å². The van der Waals surface area contributed by atoms with Crippen LogP contribution in [0.4, 0.5) is 0 Å². The highest BCUT2D eigenvalue weighted by Gasteiger charge is 2.31. The Morgan fingerprint density at radius 1 is 0.700 bits per heavy atom. The molecule has 0 aliphatic heterocycles. The van der Waals surface area contributed by atoms with E-state index in [1.807, 2.05) is 0 Å². The molecule has 0 amide bonds. The van der Waals surface area contributed by atoms with E-state index in [0.29, 0.717) is 0 Å². The van der Waals surface area contributed by atoms with Crippen LogP contribution < -0.4 is 0 Å². The number of aliphatic hydroxyl groups excluding tert-OH is 4. The lowest BCUT2D eigenvalue weighted by molar-refractivity contribution is -0.0884. The quantitative estimate of drug-likeness (QED) is 0.298. The van der Waals surface area contributed by atoms with Gasteiger partial charge >= 0.3 is 0 Å². The first-order chi connectivity index (χ1) is 4.63. The Morgan fingerprint density at radius 2 is 1.00 bits per heavy atom. The molecule has 58 valence electrons. The third-order valence-electron chi connectivity index (χ3n) is 1.56. The van der Waals surface area contributed by atoms with Crippen LogP contribution in [-0.2, 0) is 0 Å². The van der Waals surface area contributed by atoms with E-state index in [0.717, 1.165) is 0 Å². The van der Waals surface area contributed by atoms with Crippen LogP contribution in [0.25, 0.3) is 0 Å². The van der Waals surface area contributed by atoms with Crippen molar-refractivity contribution in [1.82, 2.24) is 0 Å². The highest BCUT2D eigenvalue weighted by atomic mass is 16.4. The van der Waals surface area contributed by atoms with Gasteiger partial charge in [-0.25, -0.2) is 0 Å². The van der Waals surface area contributed by atoms with Crippen LogP contribution in [0.2, 0.25) is 0 Å². The minimum absolute atomic E-state index is 1.07. The van der Waals surface area contributed by atoms with Crippen LogP contribution in [-0.4, -0.2) is 44.8 Å². The van der Waals surface area contributed by atoms with E-state index < -0.39 is 24.4 Å². The predicted octanol–water partition coefficient (Wildman–Crippen LogP) is -2.00. The van der Waals surface area contributed by atoms with Gasteiger partial charge in [0.2, 0.25) is 0 Å². The van der Waals surface area contributed by atoms with E-state index >= 15 is 0 Å². The van der Waals surface area contributed by atoms with Crippen molar-refractivity contribution >= 4 is 0 Å². The molecule has 1 rings (SSSR count). The van der Waals surface area contributed by atoms with Gasteiger partial charge in [0, 0.05) is 0 Å². The molecule has 0 aromatic carbocycles.